The third-order valence-corrected chi connectivity index (χ3v) is 8.35. The van der Waals surface area contributed by atoms with Crippen LogP contribution < -0.4 is 14.8 Å². The first kappa shape index (κ1) is 29.5. The van der Waals surface area contributed by atoms with E-state index in [9.17, 15) is 9.59 Å². The Balaban J connectivity index is 1.56. The molecule has 3 aromatic carbocycles. The van der Waals surface area contributed by atoms with E-state index in [0.29, 0.717) is 18.7 Å². The fraction of sp³-hybridized carbons (Fsp3) is 0.394. The van der Waals surface area contributed by atoms with Crippen molar-refractivity contribution in [1.82, 2.24) is 10.2 Å². The average Bonchev–Trinajstić information content (AvgIpc) is 3.00. The molecule has 2 amide bonds. The molecule has 1 N–H and O–H groups in total. The van der Waals surface area contributed by atoms with E-state index in [0.717, 1.165) is 53.9 Å². The van der Waals surface area contributed by atoms with E-state index >= 15 is 0 Å². The van der Waals surface area contributed by atoms with Crippen LogP contribution in [0.5, 0.6) is 11.5 Å². The van der Waals surface area contributed by atoms with Gasteiger partial charge in [0.25, 0.3) is 0 Å². The molecule has 3 aromatic rings. The number of ether oxygens (including phenoxy) is 2. The minimum atomic E-state index is -0.621. The molecule has 0 aromatic heterocycles. The van der Waals surface area contributed by atoms with Gasteiger partial charge in [-0.1, -0.05) is 73.9 Å². The molecule has 0 spiro atoms. The van der Waals surface area contributed by atoms with E-state index in [1.54, 1.807) is 30.9 Å². The smallest absolute Gasteiger partial charge is 0.243 e. The Morgan fingerprint density at radius 2 is 1.55 bits per heavy atom. The Morgan fingerprint density at radius 3 is 2.25 bits per heavy atom. The first-order valence-electron chi connectivity index (χ1n) is 14.0. The summed E-state index contributed by atoms with van der Waals surface area (Å²) < 4.78 is 10.7. The van der Waals surface area contributed by atoms with Gasteiger partial charge in [-0.15, -0.1) is 11.8 Å². The number of benzene rings is 3. The Morgan fingerprint density at radius 1 is 0.850 bits per heavy atom. The monoisotopic (exact) mass is 560 g/mol. The summed E-state index contributed by atoms with van der Waals surface area (Å²) in [6, 6.07) is 25.1. The van der Waals surface area contributed by atoms with Crippen LogP contribution >= 0.6 is 11.8 Å². The van der Waals surface area contributed by atoms with Gasteiger partial charge in [0, 0.05) is 24.8 Å². The third-order valence-electron chi connectivity index (χ3n) is 7.36. The normalized spacial score (nSPS) is 14.2. The van der Waals surface area contributed by atoms with Gasteiger partial charge < -0.3 is 19.7 Å². The molecule has 4 rings (SSSR count). The maximum absolute atomic E-state index is 13.9. The fourth-order valence-electron chi connectivity index (χ4n) is 5.13. The van der Waals surface area contributed by atoms with Crippen molar-refractivity contribution in [3.05, 3.63) is 95.6 Å². The van der Waals surface area contributed by atoms with E-state index in [2.05, 4.69) is 5.32 Å². The molecule has 1 atom stereocenters. The first-order chi connectivity index (χ1) is 19.6. The largest absolute Gasteiger partial charge is 0.497 e. The van der Waals surface area contributed by atoms with Crippen molar-refractivity contribution in [1.29, 1.82) is 0 Å². The van der Waals surface area contributed by atoms with Crippen LogP contribution in [-0.4, -0.2) is 48.8 Å². The van der Waals surface area contributed by atoms with Crippen LogP contribution in [0.1, 0.15) is 48.8 Å². The van der Waals surface area contributed by atoms with Gasteiger partial charge >= 0.3 is 0 Å². The van der Waals surface area contributed by atoms with Crippen molar-refractivity contribution < 1.29 is 19.1 Å². The summed E-state index contributed by atoms with van der Waals surface area (Å²) in [6.07, 6.45) is 5.91. The summed E-state index contributed by atoms with van der Waals surface area (Å²) in [6.45, 7) is 0.328. The summed E-state index contributed by atoms with van der Waals surface area (Å²) >= 11 is 1.56. The van der Waals surface area contributed by atoms with Crippen molar-refractivity contribution in [2.45, 2.75) is 62.9 Å². The van der Waals surface area contributed by atoms with Crippen molar-refractivity contribution in [3.8, 4) is 11.5 Å². The average molecular weight is 561 g/mol. The van der Waals surface area contributed by atoms with Gasteiger partial charge in [-0.05, 0) is 53.8 Å². The second-order valence-corrected chi connectivity index (χ2v) is 11.2. The topological polar surface area (TPSA) is 67.9 Å². The molecule has 1 aliphatic carbocycles. The number of nitrogens with one attached hydrogen (secondary N) is 1. The van der Waals surface area contributed by atoms with E-state index in [4.69, 9.17) is 9.47 Å². The molecule has 0 unspecified atom stereocenters. The lowest BCUT2D eigenvalue weighted by atomic mass is 9.94. The molecule has 1 saturated carbocycles. The van der Waals surface area contributed by atoms with Crippen LogP contribution in [0.15, 0.2) is 78.9 Å². The molecule has 0 heterocycles. The molecule has 0 radical (unpaired) electrons. The standard InChI is InChI=1S/C33H40N2O4S/c1-38-29-18-16-26(17-19-29)23-40-24-32(36)35(22-27-12-9-15-30(20-27)39-2)31(21-25-10-5-3-6-11-25)33(37)34-28-13-7-4-8-14-28/h3,5-6,9-12,15-20,28,31H,4,7-8,13-14,21-24H2,1-2H3,(H,34,37)/t31-/m0/s1. The zero-order chi connectivity index (χ0) is 28.2. The molecular weight excluding hydrogens is 520 g/mol. The molecule has 212 valence electrons. The molecular formula is C33H40N2O4S. The number of rotatable bonds is 13. The quantitative estimate of drug-likeness (QED) is 0.277. The molecule has 0 bridgehead atoms. The van der Waals surface area contributed by atoms with Gasteiger partial charge in [-0.2, -0.15) is 0 Å². The second-order valence-electron chi connectivity index (χ2n) is 10.3. The zero-order valence-corrected chi connectivity index (χ0v) is 24.3. The van der Waals surface area contributed by atoms with Gasteiger partial charge in [0.2, 0.25) is 11.8 Å². The SMILES string of the molecule is COc1ccc(CSCC(=O)N(Cc2cccc(OC)c2)[C@@H](Cc2ccccc2)C(=O)NC2CCCCC2)cc1. The second kappa shape index (κ2) is 15.4. The summed E-state index contributed by atoms with van der Waals surface area (Å²) in [5, 5.41) is 3.30. The van der Waals surface area contributed by atoms with E-state index in [-0.39, 0.29) is 23.6 Å². The van der Waals surface area contributed by atoms with E-state index < -0.39 is 6.04 Å². The lowest BCUT2D eigenvalue weighted by Gasteiger charge is -2.33. The Hall–Kier alpha value is -3.45. The van der Waals surface area contributed by atoms with Gasteiger partial charge in [0.1, 0.15) is 17.5 Å². The summed E-state index contributed by atoms with van der Waals surface area (Å²) in [4.78, 5) is 29.5. The maximum Gasteiger partial charge on any atom is 0.243 e. The number of hydrogen-bond acceptors (Lipinski definition) is 5. The Kier molecular flexibility index (Phi) is 11.3. The van der Waals surface area contributed by atoms with Crippen LogP contribution in [0.2, 0.25) is 0 Å². The molecule has 0 saturated heterocycles. The number of carbonyl (C=O) groups excluding carboxylic acids is 2. The number of amides is 2. The number of methoxy groups -OCH3 is 2. The van der Waals surface area contributed by atoms with Crippen molar-refractivity contribution in [3.63, 3.8) is 0 Å². The van der Waals surface area contributed by atoms with Crippen LogP contribution in [0.3, 0.4) is 0 Å². The van der Waals surface area contributed by atoms with E-state index in [1.165, 1.54) is 6.42 Å². The number of thioether (sulfide) groups is 1. The highest BCUT2D eigenvalue weighted by Crippen LogP contribution is 2.23. The fourth-order valence-corrected chi connectivity index (χ4v) is 6.00. The van der Waals surface area contributed by atoms with E-state index in [1.807, 2.05) is 78.9 Å². The van der Waals surface area contributed by atoms with Gasteiger partial charge in [0.15, 0.2) is 0 Å². The Bertz CT molecular complexity index is 1210. The predicted octanol–water partition coefficient (Wildman–Crippen LogP) is 6.03. The van der Waals surface area contributed by atoms with Crippen LogP contribution in [0.25, 0.3) is 0 Å². The minimum Gasteiger partial charge on any atom is -0.497 e. The molecule has 1 fully saturated rings. The number of carbonyl (C=O) groups is 2. The molecule has 6 nitrogen and oxygen atoms in total. The van der Waals surface area contributed by atoms with Gasteiger partial charge in [-0.25, -0.2) is 0 Å². The molecule has 1 aliphatic rings. The van der Waals surface area contributed by atoms with Crippen molar-refractivity contribution >= 4 is 23.6 Å². The zero-order valence-electron chi connectivity index (χ0n) is 23.5. The number of nitrogens with zero attached hydrogens (tertiary/aromatic N) is 1. The van der Waals surface area contributed by atoms with Gasteiger partial charge in [0.05, 0.1) is 20.0 Å². The third kappa shape index (κ3) is 8.78. The number of hydrogen-bond donors (Lipinski definition) is 1. The summed E-state index contributed by atoms with van der Waals surface area (Å²) in [5.41, 5.74) is 3.07. The predicted molar refractivity (Wildman–Crippen MR) is 162 cm³/mol. The highest BCUT2D eigenvalue weighted by Gasteiger charge is 2.32. The summed E-state index contributed by atoms with van der Waals surface area (Å²) in [7, 11) is 3.28. The van der Waals surface area contributed by atoms with Crippen LogP contribution in [-0.2, 0) is 28.3 Å². The summed E-state index contributed by atoms with van der Waals surface area (Å²) in [5.74, 6) is 2.37. The van der Waals surface area contributed by atoms with Crippen molar-refractivity contribution in [2.24, 2.45) is 0 Å². The molecule has 0 aliphatic heterocycles. The van der Waals surface area contributed by atoms with Crippen LogP contribution in [0, 0.1) is 0 Å². The minimum absolute atomic E-state index is 0.0546. The van der Waals surface area contributed by atoms with Crippen LogP contribution in [0.4, 0.5) is 0 Å². The first-order valence-corrected chi connectivity index (χ1v) is 15.2. The molecule has 7 heteroatoms. The van der Waals surface area contributed by atoms with Crippen molar-refractivity contribution in [2.75, 3.05) is 20.0 Å². The maximum atomic E-state index is 13.9. The highest BCUT2D eigenvalue weighted by atomic mass is 32.2. The highest BCUT2D eigenvalue weighted by molar-refractivity contribution is 7.99. The van der Waals surface area contributed by atoms with Gasteiger partial charge in [-0.3, -0.25) is 9.59 Å². The lowest BCUT2D eigenvalue weighted by molar-refractivity contribution is -0.139. The Labute approximate surface area is 242 Å². The lowest BCUT2D eigenvalue weighted by Crippen LogP contribution is -2.53. The molecule has 40 heavy (non-hydrogen) atoms.